The molecular weight excluding hydrogens is 304 g/mol. The Balaban J connectivity index is 2.43. The van der Waals surface area contributed by atoms with Gasteiger partial charge in [0.25, 0.3) is 0 Å². The fourth-order valence-electron chi connectivity index (χ4n) is 2.16. The molecule has 0 amide bonds. The lowest BCUT2D eigenvalue weighted by Crippen LogP contribution is -2.40. The molecule has 1 aromatic carbocycles. The highest BCUT2D eigenvalue weighted by molar-refractivity contribution is 7.89. The number of benzene rings is 1. The third-order valence-electron chi connectivity index (χ3n) is 3.16. The monoisotopic (exact) mass is 314 g/mol. The summed E-state index contributed by atoms with van der Waals surface area (Å²) in [5.74, 6) is -1.16. The van der Waals surface area contributed by atoms with Crippen LogP contribution in [0.1, 0.15) is 18.4 Å². The number of sulfonamides is 1. The van der Waals surface area contributed by atoms with Gasteiger partial charge in [0.15, 0.2) is 0 Å². The van der Waals surface area contributed by atoms with Gasteiger partial charge in [-0.2, -0.15) is 9.57 Å². The Hall–Kier alpha value is -1.62. The van der Waals surface area contributed by atoms with Crippen molar-refractivity contribution in [1.29, 1.82) is 5.26 Å². The zero-order valence-corrected chi connectivity index (χ0v) is 11.9. The van der Waals surface area contributed by atoms with Crippen LogP contribution < -0.4 is 0 Å². The highest BCUT2D eigenvalue weighted by atomic mass is 35.5. The summed E-state index contributed by atoms with van der Waals surface area (Å²) in [6.45, 7) is 0.164. The second-order valence-corrected chi connectivity index (χ2v) is 6.66. The number of nitriles is 1. The van der Waals surface area contributed by atoms with Gasteiger partial charge >= 0.3 is 5.97 Å². The maximum atomic E-state index is 12.4. The van der Waals surface area contributed by atoms with Crippen molar-refractivity contribution in [2.45, 2.75) is 23.8 Å². The van der Waals surface area contributed by atoms with Crippen LogP contribution in [0.15, 0.2) is 23.1 Å². The zero-order chi connectivity index (χ0) is 14.9. The average molecular weight is 315 g/mol. The molecule has 0 spiro atoms. The molecule has 6 nitrogen and oxygen atoms in total. The molecular formula is C12H11ClN2O4S. The molecule has 1 saturated heterocycles. The first kappa shape index (κ1) is 14.8. The van der Waals surface area contributed by atoms with Gasteiger partial charge in [-0.1, -0.05) is 11.6 Å². The van der Waals surface area contributed by atoms with Crippen molar-refractivity contribution in [2.24, 2.45) is 0 Å². The molecule has 0 bridgehead atoms. The molecule has 1 fully saturated rings. The van der Waals surface area contributed by atoms with Gasteiger partial charge in [0.05, 0.1) is 15.5 Å². The van der Waals surface area contributed by atoms with E-state index < -0.39 is 22.0 Å². The summed E-state index contributed by atoms with van der Waals surface area (Å²) in [6, 6.07) is 4.53. The lowest BCUT2D eigenvalue weighted by Gasteiger charge is -2.21. The van der Waals surface area contributed by atoms with E-state index in [2.05, 4.69) is 0 Å². The van der Waals surface area contributed by atoms with Crippen LogP contribution >= 0.6 is 11.6 Å². The van der Waals surface area contributed by atoms with E-state index in [1.165, 1.54) is 18.2 Å². The van der Waals surface area contributed by atoms with E-state index in [-0.39, 0.29) is 22.0 Å². The number of rotatable bonds is 3. The van der Waals surface area contributed by atoms with E-state index >= 15 is 0 Å². The highest BCUT2D eigenvalue weighted by Gasteiger charge is 2.39. The highest BCUT2D eigenvalue weighted by Crippen LogP contribution is 2.28. The van der Waals surface area contributed by atoms with E-state index in [1.54, 1.807) is 0 Å². The average Bonchev–Trinajstić information content (AvgIpc) is 2.88. The number of nitrogens with zero attached hydrogens (tertiary/aromatic N) is 2. The summed E-state index contributed by atoms with van der Waals surface area (Å²) in [7, 11) is -3.92. The minimum Gasteiger partial charge on any atom is -0.480 e. The number of carbonyl (C=O) groups is 1. The fraction of sp³-hybridized carbons (Fsp3) is 0.333. The van der Waals surface area contributed by atoms with Gasteiger partial charge in [-0.15, -0.1) is 0 Å². The lowest BCUT2D eigenvalue weighted by atomic mass is 10.2. The standard InChI is InChI=1S/C12H11ClN2O4S/c13-10-6-9(4-3-8(10)7-14)20(18,19)15-5-1-2-11(15)12(16)17/h3-4,6,11H,1-2,5H2,(H,16,17). The number of hydrogen-bond acceptors (Lipinski definition) is 4. The minimum absolute atomic E-state index is 0.0275. The SMILES string of the molecule is N#Cc1ccc(S(=O)(=O)N2CCCC2C(=O)O)cc1Cl. The van der Waals surface area contributed by atoms with E-state index in [9.17, 15) is 13.2 Å². The van der Waals surface area contributed by atoms with E-state index in [0.717, 1.165) is 4.31 Å². The number of halogens is 1. The molecule has 106 valence electrons. The van der Waals surface area contributed by atoms with Gasteiger partial charge in [-0.25, -0.2) is 8.42 Å². The zero-order valence-electron chi connectivity index (χ0n) is 10.3. The number of carboxylic acids is 1. The molecule has 1 aromatic rings. The maximum absolute atomic E-state index is 12.4. The van der Waals surface area contributed by atoms with Crippen molar-refractivity contribution in [3.05, 3.63) is 28.8 Å². The van der Waals surface area contributed by atoms with Crippen LogP contribution in [0.2, 0.25) is 5.02 Å². The Morgan fingerprint density at radius 2 is 2.20 bits per heavy atom. The van der Waals surface area contributed by atoms with Crippen LogP contribution in [0.25, 0.3) is 0 Å². The van der Waals surface area contributed by atoms with Gasteiger partial charge in [-0.3, -0.25) is 4.79 Å². The molecule has 8 heteroatoms. The predicted octanol–water partition coefficient (Wildman–Crippen LogP) is 1.45. The van der Waals surface area contributed by atoms with Crippen molar-refractivity contribution in [1.82, 2.24) is 4.31 Å². The van der Waals surface area contributed by atoms with Crippen LogP contribution in [0, 0.1) is 11.3 Å². The predicted molar refractivity (Wildman–Crippen MR) is 70.7 cm³/mol. The largest absolute Gasteiger partial charge is 0.480 e. The van der Waals surface area contributed by atoms with Crippen LogP contribution in [0.3, 0.4) is 0 Å². The molecule has 0 radical (unpaired) electrons. The first-order valence-corrected chi connectivity index (χ1v) is 7.64. The van der Waals surface area contributed by atoms with Crippen molar-refractivity contribution < 1.29 is 18.3 Å². The Morgan fingerprint density at radius 1 is 1.50 bits per heavy atom. The molecule has 1 unspecified atom stereocenters. The fourth-order valence-corrected chi connectivity index (χ4v) is 4.12. The van der Waals surface area contributed by atoms with Crippen molar-refractivity contribution >= 4 is 27.6 Å². The lowest BCUT2D eigenvalue weighted by molar-refractivity contribution is -0.140. The number of hydrogen-bond donors (Lipinski definition) is 1. The van der Waals surface area contributed by atoms with Gasteiger partial charge < -0.3 is 5.11 Å². The van der Waals surface area contributed by atoms with Gasteiger partial charge in [0.2, 0.25) is 10.0 Å². The number of carboxylic acid groups (broad SMARTS) is 1. The third-order valence-corrected chi connectivity index (χ3v) is 5.37. The smallest absolute Gasteiger partial charge is 0.322 e. The second kappa shape index (κ2) is 5.40. The van der Waals surface area contributed by atoms with Crippen molar-refractivity contribution in [3.63, 3.8) is 0 Å². The third kappa shape index (κ3) is 2.50. The van der Waals surface area contributed by atoms with Gasteiger partial charge in [0, 0.05) is 6.54 Å². The molecule has 1 aliphatic rings. The molecule has 2 rings (SSSR count). The molecule has 0 aliphatic carbocycles. The minimum atomic E-state index is -3.92. The molecule has 1 N–H and O–H groups in total. The van der Waals surface area contributed by atoms with Gasteiger partial charge in [0.1, 0.15) is 12.1 Å². The molecule has 1 atom stereocenters. The maximum Gasteiger partial charge on any atom is 0.322 e. The molecule has 1 aliphatic heterocycles. The summed E-state index contributed by atoms with van der Waals surface area (Å²) in [6.07, 6.45) is 0.790. The Morgan fingerprint density at radius 3 is 2.75 bits per heavy atom. The van der Waals surface area contributed by atoms with E-state index in [0.29, 0.717) is 12.8 Å². The molecule has 1 heterocycles. The summed E-state index contributed by atoms with van der Waals surface area (Å²) >= 11 is 5.82. The molecule has 0 saturated carbocycles. The van der Waals surface area contributed by atoms with Crippen LogP contribution in [0.4, 0.5) is 0 Å². The van der Waals surface area contributed by atoms with E-state index in [4.69, 9.17) is 22.0 Å². The van der Waals surface area contributed by atoms with Gasteiger partial charge in [-0.05, 0) is 31.0 Å². The summed E-state index contributed by atoms with van der Waals surface area (Å²) in [5, 5.41) is 17.8. The second-order valence-electron chi connectivity index (χ2n) is 4.37. The van der Waals surface area contributed by atoms with E-state index in [1.807, 2.05) is 6.07 Å². The Bertz CT molecular complexity index is 696. The quantitative estimate of drug-likeness (QED) is 0.910. The van der Waals surface area contributed by atoms with Crippen LogP contribution in [-0.2, 0) is 14.8 Å². The molecule has 20 heavy (non-hydrogen) atoms. The normalized spacial score (nSPS) is 19.7. The Labute approximate surface area is 121 Å². The first-order valence-electron chi connectivity index (χ1n) is 5.82. The summed E-state index contributed by atoms with van der Waals surface area (Å²) < 4.78 is 25.8. The number of aliphatic carboxylic acids is 1. The molecule has 0 aromatic heterocycles. The van der Waals surface area contributed by atoms with Crippen molar-refractivity contribution in [3.8, 4) is 6.07 Å². The van der Waals surface area contributed by atoms with Crippen LogP contribution in [-0.4, -0.2) is 36.4 Å². The summed E-state index contributed by atoms with van der Waals surface area (Å²) in [5.41, 5.74) is 0.168. The first-order chi connectivity index (χ1) is 9.37. The topological polar surface area (TPSA) is 98.5 Å². The summed E-state index contributed by atoms with van der Waals surface area (Å²) in [4.78, 5) is 11.0. The van der Waals surface area contributed by atoms with Crippen molar-refractivity contribution in [2.75, 3.05) is 6.54 Å². The Kier molecular flexibility index (Phi) is 3.99. The van der Waals surface area contributed by atoms with Crippen LogP contribution in [0.5, 0.6) is 0 Å².